The van der Waals surface area contributed by atoms with Gasteiger partial charge in [-0.25, -0.2) is 14.5 Å². The Bertz CT molecular complexity index is 1010. The van der Waals surface area contributed by atoms with Gasteiger partial charge in [0.15, 0.2) is 0 Å². The molecule has 0 saturated carbocycles. The SMILES string of the molecule is CC(C)(C)OC(=O)NCCNC(=O)C[C@H]1NC(=O)N(c2cccc3ccccc23)C1=O. The third kappa shape index (κ3) is 5.50. The highest BCUT2D eigenvalue weighted by Crippen LogP contribution is 2.29. The normalized spacial score (nSPS) is 16.2. The molecule has 0 radical (unpaired) electrons. The van der Waals surface area contributed by atoms with Crippen molar-refractivity contribution in [3.8, 4) is 0 Å². The Morgan fingerprint density at radius 2 is 1.71 bits per heavy atom. The van der Waals surface area contributed by atoms with E-state index in [2.05, 4.69) is 16.0 Å². The van der Waals surface area contributed by atoms with Gasteiger partial charge in [0.1, 0.15) is 11.6 Å². The number of hydrogen-bond acceptors (Lipinski definition) is 5. The summed E-state index contributed by atoms with van der Waals surface area (Å²) in [7, 11) is 0. The zero-order valence-corrected chi connectivity index (χ0v) is 17.7. The predicted molar refractivity (Wildman–Crippen MR) is 116 cm³/mol. The Kier molecular flexibility index (Phi) is 6.43. The first-order valence-electron chi connectivity index (χ1n) is 10.0. The summed E-state index contributed by atoms with van der Waals surface area (Å²) in [5.74, 6) is -0.896. The number of alkyl carbamates (subject to hydrolysis) is 1. The van der Waals surface area contributed by atoms with Crippen LogP contribution in [-0.4, -0.2) is 48.7 Å². The van der Waals surface area contributed by atoms with Crippen molar-refractivity contribution < 1.29 is 23.9 Å². The van der Waals surface area contributed by atoms with Gasteiger partial charge in [-0.05, 0) is 32.2 Å². The summed E-state index contributed by atoms with van der Waals surface area (Å²) in [5.41, 5.74) is -0.130. The van der Waals surface area contributed by atoms with Gasteiger partial charge in [-0.15, -0.1) is 0 Å². The lowest BCUT2D eigenvalue weighted by molar-refractivity contribution is -0.125. The van der Waals surface area contributed by atoms with Gasteiger partial charge in [-0.2, -0.15) is 0 Å². The number of nitrogens with one attached hydrogen (secondary N) is 3. The maximum absolute atomic E-state index is 12.8. The molecule has 1 fully saturated rings. The number of ether oxygens (including phenoxy) is 1. The zero-order valence-electron chi connectivity index (χ0n) is 17.7. The molecule has 1 aliphatic heterocycles. The van der Waals surface area contributed by atoms with Crippen LogP contribution < -0.4 is 20.9 Å². The van der Waals surface area contributed by atoms with Crippen LogP contribution in [0, 0.1) is 0 Å². The lowest BCUT2D eigenvalue weighted by Crippen LogP contribution is -2.40. The van der Waals surface area contributed by atoms with Crippen LogP contribution in [0.15, 0.2) is 42.5 Å². The number of carbonyl (C=O) groups is 4. The minimum absolute atomic E-state index is 0.167. The van der Waals surface area contributed by atoms with Crippen LogP contribution in [0.5, 0.6) is 0 Å². The molecule has 2 aromatic carbocycles. The van der Waals surface area contributed by atoms with Crippen LogP contribution in [0.3, 0.4) is 0 Å². The van der Waals surface area contributed by atoms with Gasteiger partial charge in [-0.3, -0.25) is 9.59 Å². The van der Waals surface area contributed by atoms with Gasteiger partial charge < -0.3 is 20.7 Å². The van der Waals surface area contributed by atoms with Gasteiger partial charge in [0.05, 0.1) is 12.1 Å². The van der Waals surface area contributed by atoms with Gasteiger partial charge in [0, 0.05) is 18.5 Å². The second kappa shape index (κ2) is 9.03. The molecule has 5 amide bonds. The van der Waals surface area contributed by atoms with Crippen LogP contribution in [0.2, 0.25) is 0 Å². The molecule has 1 saturated heterocycles. The largest absolute Gasteiger partial charge is 0.444 e. The Morgan fingerprint density at radius 1 is 1.03 bits per heavy atom. The quantitative estimate of drug-likeness (QED) is 0.484. The molecule has 0 unspecified atom stereocenters. The van der Waals surface area contributed by atoms with Gasteiger partial charge >= 0.3 is 12.1 Å². The monoisotopic (exact) mass is 426 g/mol. The minimum Gasteiger partial charge on any atom is -0.444 e. The molecular formula is C22H26N4O5. The van der Waals surface area contributed by atoms with Crippen molar-refractivity contribution in [1.29, 1.82) is 0 Å². The molecule has 9 nitrogen and oxygen atoms in total. The van der Waals surface area contributed by atoms with Crippen LogP contribution >= 0.6 is 0 Å². The Hall–Kier alpha value is -3.62. The van der Waals surface area contributed by atoms with Gasteiger partial charge in [0.2, 0.25) is 5.91 Å². The van der Waals surface area contributed by atoms with Crippen LogP contribution in [0.4, 0.5) is 15.3 Å². The third-order valence-electron chi connectivity index (χ3n) is 4.53. The van der Waals surface area contributed by atoms with Crippen LogP contribution in [0.1, 0.15) is 27.2 Å². The fourth-order valence-corrected chi connectivity index (χ4v) is 3.24. The highest BCUT2D eigenvalue weighted by molar-refractivity contribution is 6.24. The molecule has 1 aliphatic rings. The number of imide groups is 1. The van der Waals surface area contributed by atoms with E-state index in [9.17, 15) is 19.2 Å². The van der Waals surface area contributed by atoms with E-state index in [0.717, 1.165) is 15.7 Å². The maximum Gasteiger partial charge on any atom is 0.407 e. The van der Waals surface area contributed by atoms with E-state index in [0.29, 0.717) is 5.69 Å². The summed E-state index contributed by atoms with van der Waals surface area (Å²) in [6.45, 7) is 5.60. The molecular weight excluding hydrogens is 400 g/mol. The van der Waals surface area contributed by atoms with Crippen molar-refractivity contribution in [3.05, 3.63) is 42.5 Å². The maximum atomic E-state index is 12.8. The Morgan fingerprint density at radius 3 is 2.45 bits per heavy atom. The molecule has 0 spiro atoms. The molecule has 0 aliphatic carbocycles. The molecule has 2 aromatic rings. The third-order valence-corrected chi connectivity index (χ3v) is 4.53. The van der Waals surface area contributed by atoms with Crippen LogP contribution in [0.25, 0.3) is 10.8 Å². The summed E-state index contributed by atoms with van der Waals surface area (Å²) in [6, 6.07) is 11.3. The van der Waals surface area contributed by atoms with Crippen LogP contribution in [-0.2, 0) is 14.3 Å². The number of nitrogens with zero attached hydrogens (tertiary/aromatic N) is 1. The number of hydrogen-bond donors (Lipinski definition) is 3. The fraction of sp³-hybridized carbons (Fsp3) is 0.364. The van der Waals surface area contributed by atoms with Crippen molar-refractivity contribution in [2.45, 2.75) is 38.8 Å². The van der Waals surface area contributed by atoms with Gasteiger partial charge in [-0.1, -0.05) is 36.4 Å². The summed E-state index contributed by atoms with van der Waals surface area (Å²) < 4.78 is 5.10. The number of fused-ring (bicyclic) bond motifs is 1. The highest BCUT2D eigenvalue weighted by atomic mass is 16.6. The molecule has 9 heteroatoms. The lowest BCUT2D eigenvalue weighted by atomic mass is 10.1. The first-order valence-corrected chi connectivity index (χ1v) is 10.0. The van der Waals surface area contributed by atoms with E-state index in [1.807, 2.05) is 30.3 Å². The Balaban J connectivity index is 1.54. The standard InChI is InChI=1S/C22H26N4O5/c1-22(2,3)31-21(30)24-12-11-23-18(27)13-16-19(28)26(20(29)25-16)17-10-6-8-14-7-4-5-9-15(14)17/h4-10,16H,11-13H2,1-3H3,(H,23,27)(H,24,30)(H,25,29)/t16-/m1/s1. The average Bonchev–Trinajstić information content (AvgIpc) is 2.96. The topological polar surface area (TPSA) is 117 Å². The van der Waals surface area contributed by atoms with Crippen molar-refractivity contribution in [2.75, 3.05) is 18.0 Å². The summed E-state index contributed by atoms with van der Waals surface area (Å²) in [6.07, 6.45) is -0.774. The molecule has 1 atom stereocenters. The summed E-state index contributed by atoms with van der Waals surface area (Å²) >= 11 is 0. The molecule has 0 aromatic heterocycles. The number of amides is 5. The minimum atomic E-state index is -0.953. The number of rotatable bonds is 6. The van der Waals surface area contributed by atoms with E-state index < -0.39 is 35.6 Å². The van der Waals surface area contributed by atoms with Crippen molar-refractivity contribution in [3.63, 3.8) is 0 Å². The van der Waals surface area contributed by atoms with E-state index in [1.54, 1.807) is 32.9 Å². The summed E-state index contributed by atoms with van der Waals surface area (Å²) in [4.78, 5) is 50.2. The second-order valence-corrected chi connectivity index (χ2v) is 8.16. The lowest BCUT2D eigenvalue weighted by Gasteiger charge is -2.19. The number of urea groups is 1. The molecule has 3 rings (SSSR count). The number of anilines is 1. The van der Waals surface area contributed by atoms with E-state index in [-0.39, 0.29) is 19.5 Å². The van der Waals surface area contributed by atoms with Crippen molar-refractivity contribution >= 4 is 40.4 Å². The van der Waals surface area contributed by atoms with E-state index in [1.165, 1.54) is 0 Å². The molecule has 3 N–H and O–H groups in total. The van der Waals surface area contributed by atoms with Crippen molar-refractivity contribution in [1.82, 2.24) is 16.0 Å². The highest BCUT2D eigenvalue weighted by Gasteiger charge is 2.40. The van der Waals surface area contributed by atoms with Gasteiger partial charge in [0.25, 0.3) is 5.91 Å². The van der Waals surface area contributed by atoms with E-state index >= 15 is 0 Å². The molecule has 0 bridgehead atoms. The Labute approximate surface area is 180 Å². The van der Waals surface area contributed by atoms with E-state index in [4.69, 9.17) is 4.74 Å². The summed E-state index contributed by atoms with van der Waals surface area (Å²) in [5, 5.41) is 9.39. The second-order valence-electron chi connectivity index (χ2n) is 8.16. The molecule has 1 heterocycles. The fourth-order valence-electron chi connectivity index (χ4n) is 3.24. The first-order chi connectivity index (χ1) is 14.7. The first kappa shape index (κ1) is 22.1. The zero-order chi connectivity index (χ0) is 22.6. The average molecular weight is 426 g/mol. The number of carbonyl (C=O) groups excluding carboxylic acids is 4. The number of benzene rings is 2. The predicted octanol–water partition coefficient (Wildman–Crippen LogP) is 2.30. The smallest absolute Gasteiger partial charge is 0.407 e. The molecule has 31 heavy (non-hydrogen) atoms. The van der Waals surface area contributed by atoms with Crippen molar-refractivity contribution in [2.24, 2.45) is 0 Å². The molecule has 164 valence electrons.